The Morgan fingerprint density at radius 3 is 2.71 bits per heavy atom. The molecule has 0 spiro atoms. The van der Waals surface area contributed by atoms with Crippen molar-refractivity contribution in [1.82, 2.24) is 10.3 Å². The molecule has 1 aromatic heterocycles. The van der Waals surface area contributed by atoms with Gasteiger partial charge in [0.15, 0.2) is 6.10 Å². The predicted octanol–water partition coefficient (Wildman–Crippen LogP) is 1.53. The molecule has 3 N–H and O–H groups in total. The molecule has 5 nitrogen and oxygen atoms in total. The van der Waals surface area contributed by atoms with E-state index in [1.165, 1.54) is 11.3 Å². The largest absolute Gasteiger partial charge is 0.383 e. The lowest BCUT2D eigenvalue weighted by Gasteiger charge is -2.18. The van der Waals surface area contributed by atoms with Crippen molar-refractivity contribution in [2.75, 3.05) is 0 Å². The SMILES string of the molecule is O=C(NC1CC=CC1)[C@H](O)[C@@H](O)c1nc2ccccc2s1. The van der Waals surface area contributed by atoms with Crippen LogP contribution in [0.25, 0.3) is 10.2 Å². The number of aliphatic hydroxyl groups is 2. The van der Waals surface area contributed by atoms with Crippen molar-refractivity contribution in [2.45, 2.75) is 31.1 Å². The number of hydrogen-bond acceptors (Lipinski definition) is 5. The van der Waals surface area contributed by atoms with Crippen LogP contribution in [0.1, 0.15) is 24.0 Å². The quantitative estimate of drug-likeness (QED) is 0.748. The average Bonchev–Trinajstić information content (AvgIpc) is 3.14. The number of fused-ring (bicyclic) bond motifs is 1. The van der Waals surface area contributed by atoms with Crippen LogP contribution in [-0.4, -0.2) is 33.3 Å². The third-order valence-electron chi connectivity index (χ3n) is 3.49. The van der Waals surface area contributed by atoms with E-state index in [-0.39, 0.29) is 6.04 Å². The molecule has 6 heteroatoms. The van der Waals surface area contributed by atoms with Gasteiger partial charge in [0.25, 0.3) is 5.91 Å². The summed E-state index contributed by atoms with van der Waals surface area (Å²) < 4.78 is 0.916. The number of aromatic nitrogens is 1. The van der Waals surface area contributed by atoms with Crippen LogP contribution < -0.4 is 5.32 Å². The molecule has 1 aliphatic rings. The maximum atomic E-state index is 12.0. The molecule has 0 unspecified atom stereocenters. The Morgan fingerprint density at radius 1 is 1.29 bits per heavy atom. The molecule has 1 heterocycles. The van der Waals surface area contributed by atoms with E-state index < -0.39 is 18.1 Å². The third kappa shape index (κ3) is 2.97. The van der Waals surface area contributed by atoms with Crippen molar-refractivity contribution >= 4 is 27.5 Å². The van der Waals surface area contributed by atoms with E-state index in [4.69, 9.17) is 0 Å². The van der Waals surface area contributed by atoms with E-state index in [0.29, 0.717) is 5.01 Å². The van der Waals surface area contributed by atoms with Crippen LogP contribution in [0.5, 0.6) is 0 Å². The smallest absolute Gasteiger partial charge is 0.252 e. The van der Waals surface area contributed by atoms with E-state index in [1.807, 2.05) is 36.4 Å². The molecule has 0 fully saturated rings. The van der Waals surface area contributed by atoms with Crippen LogP contribution in [0, 0.1) is 0 Å². The van der Waals surface area contributed by atoms with Crippen LogP contribution in [0.15, 0.2) is 36.4 Å². The highest BCUT2D eigenvalue weighted by atomic mass is 32.1. The fraction of sp³-hybridized carbons (Fsp3) is 0.333. The first-order valence-corrected chi connectivity index (χ1v) is 7.64. The standard InChI is InChI=1S/C15H16N2O3S/c18-12(14(20)16-9-5-1-2-6-9)13(19)15-17-10-7-3-4-8-11(10)21-15/h1-4,7-9,12-13,18-19H,5-6H2,(H,16,20)/t12-,13-/m1/s1. The molecule has 110 valence electrons. The van der Waals surface area contributed by atoms with Crippen LogP contribution >= 0.6 is 11.3 Å². The van der Waals surface area contributed by atoms with Crippen LogP contribution in [0.4, 0.5) is 0 Å². The van der Waals surface area contributed by atoms with Crippen LogP contribution in [0.3, 0.4) is 0 Å². The van der Waals surface area contributed by atoms with Crippen molar-refractivity contribution in [2.24, 2.45) is 0 Å². The number of aliphatic hydroxyl groups excluding tert-OH is 2. The second-order valence-corrected chi connectivity index (χ2v) is 6.12. The summed E-state index contributed by atoms with van der Waals surface area (Å²) in [5, 5.41) is 23.2. The van der Waals surface area contributed by atoms with Crippen molar-refractivity contribution < 1.29 is 15.0 Å². The lowest BCUT2D eigenvalue weighted by Crippen LogP contribution is -2.42. The molecular weight excluding hydrogens is 288 g/mol. The Balaban J connectivity index is 1.70. The molecule has 1 amide bonds. The Kier molecular flexibility index (Phi) is 4.01. The van der Waals surface area contributed by atoms with Gasteiger partial charge < -0.3 is 15.5 Å². The van der Waals surface area contributed by atoms with E-state index in [2.05, 4.69) is 10.3 Å². The summed E-state index contributed by atoms with van der Waals surface area (Å²) in [6, 6.07) is 7.47. The third-order valence-corrected chi connectivity index (χ3v) is 4.59. The van der Waals surface area contributed by atoms with Gasteiger partial charge in [-0.25, -0.2) is 4.98 Å². The topological polar surface area (TPSA) is 82.5 Å². The number of thiazole rings is 1. The lowest BCUT2D eigenvalue weighted by molar-refractivity contribution is -0.136. The number of nitrogens with one attached hydrogen (secondary N) is 1. The number of carbonyl (C=O) groups is 1. The van der Waals surface area contributed by atoms with E-state index in [9.17, 15) is 15.0 Å². The summed E-state index contributed by atoms with van der Waals surface area (Å²) in [5.74, 6) is -0.560. The predicted molar refractivity (Wildman–Crippen MR) is 80.9 cm³/mol. The zero-order valence-electron chi connectivity index (χ0n) is 11.3. The van der Waals surface area contributed by atoms with Crippen molar-refractivity contribution in [3.05, 3.63) is 41.4 Å². The van der Waals surface area contributed by atoms with E-state index in [0.717, 1.165) is 23.1 Å². The summed E-state index contributed by atoms with van der Waals surface area (Å²) in [6.07, 6.45) is 2.68. The number of benzene rings is 1. The molecule has 0 bridgehead atoms. The second kappa shape index (κ2) is 5.93. The van der Waals surface area contributed by atoms with Crippen molar-refractivity contribution in [1.29, 1.82) is 0 Å². The number of hydrogen-bond donors (Lipinski definition) is 3. The Bertz CT molecular complexity index is 641. The van der Waals surface area contributed by atoms with Crippen LogP contribution in [0.2, 0.25) is 0 Å². The molecular formula is C15H16N2O3S. The van der Waals surface area contributed by atoms with Gasteiger partial charge in [0, 0.05) is 6.04 Å². The molecule has 1 aromatic carbocycles. The van der Waals surface area contributed by atoms with Gasteiger partial charge in [0.1, 0.15) is 11.1 Å². The minimum atomic E-state index is -1.51. The van der Waals surface area contributed by atoms with Crippen LogP contribution in [-0.2, 0) is 4.79 Å². The minimum absolute atomic E-state index is 0.00900. The number of rotatable bonds is 4. The summed E-state index contributed by atoms with van der Waals surface area (Å²) >= 11 is 1.28. The molecule has 0 aliphatic heterocycles. The summed E-state index contributed by atoms with van der Waals surface area (Å²) in [5.41, 5.74) is 0.754. The van der Waals surface area contributed by atoms with Gasteiger partial charge in [-0.15, -0.1) is 11.3 Å². The molecule has 2 atom stereocenters. The highest BCUT2D eigenvalue weighted by Gasteiger charge is 2.29. The fourth-order valence-corrected chi connectivity index (χ4v) is 3.30. The van der Waals surface area contributed by atoms with Gasteiger partial charge in [-0.1, -0.05) is 24.3 Å². The summed E-state index contributed by atoms with van der Waals surface area (Å²) in [7, 11) is 0. The van der Waals surface area contributed by atoms with Crippen molar-refractivity contribution in [3.8, 4) is 0 Å². The van der Waals surface area contributed by atoms with Gasteiger partial charge in [-0.05, 0) is 25.0 Å². The molecule has 3 rings (SSSR count). The number of carbonyl (C=O) groups excluding carboxylic acids is 1. The molecule has 21 heavy (non-hydrogen) atoms. The molecule has 0 saturated heterocycles. The van der Waals surface area contributed by atoms with Gasteiger partial charge in [-0.2, -0.15) is 0 Å². The normalized spacial score (nSPS) is 18.0. The molecule has 1 aliphatic carbocycles. The van der Waals surface area contributed by atoms with E-state index in [1.54, 1.807) is 0 Å². The first-order valence-electron chi connectivity index (χ1n) is 6.82. The average molecular weight is 304 g/mol. The second-order valence-electron chi connectivity index (χ2n) is 5.06. The summed E-state index contributed by atoms with van der Waals surface area (Å²) in [6.45, 7) is 0. The number of para-hydroxylation sites is 1. The summed E-state index contributed by atoms with van der Waals surface area (Å²) in [4.78, 5) is 16.2. The Hall–Kier alpha value is -1.76. The Labute approximate surface area is 125 Å². The fourth-order valence-electron chi connectivity index (χ4n) is 2.32. The monoisotopic (exact) mass is 304 g/mol. The maximum absolute atomic E-state index is 12.0. The lowest BCUT2D eigenvalue weighted by atomic mass is 10.1. The van der Waals surface area contributed by atoms with Gasteiger partial charge in [-0.3, -0.25) is 4.79 Å². The maximum Gasteiger partial charge on any atom is 0.252 e. The van der Waals surface area contributed by atoms with Gasteiger partial charge in [0.05, 0.1) is 10.2 Å². The van der Waals surface area contributed by atoms with Crippen molar-refractivity contribution in [3.63, 3.8) is 0 Å². The first kappa shape index (κ1) is 14.2. The number of nitrogens with zero attached hydrogens (tertiary/aromatic N) is 1. The molecule has 0 saturated carbocycles. The zero-order chi connectivity index (χ0) is 14.8. The zero-order valence-corrected chi connectivity index (χ0v) is 12.1. The Morgan fingerprint density at radius 2 is 2.00 bits per heavy atom. The molecule has 2 aromatic rings. The number of amides is 1. The highest BCUT2D eigenvalue weighted by molar-refractivity contribution is 7.18. The van der Waals surface area contributed by atoms with E-state index >= 15 is 0 Å². The van der Waals surface area contributed by atoms with Gasteiger partial charge >= 0.3 is 0 Å². The first-order chi connectivity index (χ1) is 10.1. The van der Waals surface area contributed by atoms with Gasteiger partial charge in [0.2, 0.25) is 0 Å². The highest BCUT2D eigenvalue weighted by Crippen LogP contribution is 2.28. The minimum Gasteiger partial charge on any atom is -0.383 e. The molecule has 0 radical (unpaired) electrons.